The molecule has 40 heavy (non-hydrogen) atoms. The van der Waals surface area contributed by atoms with Gasteiger partial charge in [-0.15, -0.1) is 0 Å². The third-order valence-electron chi connectivity index (χ3n) is 7.46. The quantitative estimate of drug-likeness (QED) is 0.410. The van der Waals surface area contributed by atoms with Gasteiger partial charge in [0.1, 0.15) is 28.9 Å². The Labute approximate surface area is 236 Å². The van der Waals surface area contributed by atoms with Crippen molar-refractivity contribution in [3.63, 3.8) is 0 Å². The topological polar surface area (TPSA) is 150 Å². The molecule has 0 amide bonds. The molecule has 3 aliphatic rings. The molecular weight excluding hydrogens is 530 g/mol. The van der Waals surface area contributed by atoms with E-state index in [2.05, 4.69) is 29.0 Å². The van der Waals surface area contributed by atoms with Crippen molar-refractivity contribution in [2.24, 2.45) is 10.4 Å². The summed E-state index contributed by atoms with van der Waals surface area (Å²) < 4.78 is 31.7. The summed E-state index contributed by atoms with van der Waals surface area (Å²) in [6, 6.07) is 7.43. The number of aromatic nitrogens is 1. The van der Waals surface area contributed by atoms with E-state index in [4.69, 9.17) is 20.6 Å². The molecule has 0 bridgehead atoms. The molecule has 1 aromatic heterocycles. The van der Waals surface area contributed by atoms with E-state index in [1.807, 2.05) is 32.0 Å². The molecule has 218 valence electrons. The summed E-state index contributed by atoms with van der Waals surface area (Å²) in [6.45, 7) is 9.82. The number of nitrogens with zero attached hydrogens (tertiary/aromatic N) is 3. The first kappa shape index (κ1) is 29.8. The van der Waals surface area contributed by atoms with Gasteiger partial charge in [0.25, 0.3) is 0 Å². The molecule has 0 spiro atoms. The smallest absolute Gasteiger partial charge is 0.184 e. The number of fused-ring (bicyclic) bond motifs is 2. The SMILES string of the molecule is CC.CC1(C)CCC2N=CNC(N3CCOc4ccc(-c5cnc(N)c(S(=O)(=O)CC(O)CO)c5)cc4C3)=C2C1. The van der Waals surface area contributed by atoms with Crippen LogP contribution in [-0.2, 0) is 16.4 Å². The molecule has 2 unspecified atom stereocenters. The maximum Gasteiger partial charge on any atom is 0.184 e. The van der Waals surface area contributed by atoms with E-state index in [0.29, 0.717) is 18.7 Å². The van der Waals surface area contributed by atoms with Gasteiger partial charge < -0.3 is 30.9 Å². The second kappa shape index (κ2) is 12.2. The van der Waals surface area contributed by atoms with Gasteiger partial charge in [0.15, 0.2) is 9.84 Å². The van der Waals surface area contributed by atoms with Crippen molar-refractivity contribution in [2.75, 3.05) is 31.2 Å². The summed E-state index contributed by atoms with van der Waals surface area (Å²) in [5.74, 6) is 1.10. The molecular formula is C29H41N5O5S. The lowest BCUT2D eigenvalue weighted by Gasteiger charge is -2.40. The number of aliphatic imine (C=N–C) groups is 1. The number of hydrogen-bond donors (Lipinski definition) is 4. The van der Waals surface area contributed by atoms with E-state index in [-0.39, 0.29) is 22.2 Å². The number of pyridine rings is 1. The highest BCUT2D eigenvalue weighted by Gasteiger charge is 2.35. The summed E-state index contributed by atoms with van der Waals surface area (Å²) in [7, 11) is -3.96. The van der Waals surface area contributed by atoms with Gasteiger partial charge in [0.05, 0.1) is 37.4 Å². The zero-order chi connectivity index (χ0) is 29.1. The van der Waals surface area contributed by atoms with Crippen molar-refractivity contribution < 1.29 is 23.4 Å². The number of aliphatic hydroxyl groups excluding tert-OH is 2. The first-order chi connectivity index (χ1) is 19.1. The molecule has 1 saturated carbocycles. The van der Waals surface area contributed by atoms with E-state index < -0.39 is 28.3 Å². The fraction of sp³-hybridized carbons (Fsp3) is 0.517. The zero-order valence-corrected chi connectivity index (χ0v) is 24.5. The lowest BCUT2D eigenvalue weighted by atomic mass is 9.72. The fourth-order valence-electron chi connectivity index (χ4n) is 5.43. The van der Waals surface area contributed by atoms with Crippen molar-refractivity contribution in [3.8, 4) is 16.9 Å². The van der Waals surface area contributed by atoms with E-state index in [0.717, 1.165) is 48.5 Å². The molecule has 1 aromatic carbocycles. The Kier molecular flexibility index (Phi) is 9.06. The third kappa shape index (κ3) is 6.42. The maximum atomic E-state index is 12.8. The van der Waals surface area contributed by atoms with E-state index in [1.54, 1.807) is 6.34 Å². The molecule has 2 aliphatic heterocycles. The van der Waals surface area contributed by atoms with Crippen LogP contribution in [0.2, 0.25) is 0 Å². The minimum absolute atomic E-state index is 0.147. The lowest BCUT2D eigenvalue weighted by Crippen LogP contribution is -2.41. The van der Waals surface area contributed by atoms with Crippen LogP contribution in [0.15, 0.2) is 51.7 Å². The monoisotopic (exact) mass is 571 g/mol. The fourth-order valence-corrected chi connectivity index (χ4v) is 6.90. The van der Waals surface area contributed by atoms with Crippen LogP contribution in [-0.4, -0.2) is 72.5 Å². The number of anilines is 1. The average molecular weight is 572 g/mol. The molecule has 3 heterocycles. The van der Waals surface area contributed by atoms with Gasteiger partial charge in [-0.25, -0.2) is 13.4 Å². The number of rotatable bonds is 6. The number of benzene rings is 1. The van der Waals surface area contributed by atoms with Crippen LogP contribution in [0.5, 0.6) is 5.75 Å². The number of aliphatic hydroxyl groups is 2. The van der Waals surface area contributed by atoms with Gasteiger partial charge >= 0.3 is 0 Å². The first-order valence-electron chi connectivity index (χ1n) is 13.9. The van der Waals surface area contributed by atoms with Gasteiger partial charge in [0, 0.05) is 23.9 Å². The number of hydrogen-bond acceptors (Lipinski definition) is 10. The van der Waals surface area contributed by atoms with E-state index >= 15 is 0 Å². The van der Waals surface area contributed by atoms with Crippen molar-refractivity contribution in [1.29, 1.82) is 0 Å². The summed E-state index contributed by atoms with van der Waals surface area (Å²) in [6.07, 6.45) is 5.11. The maximum absolute atomic E-state index is 12.8. The number of sulfone groups is 1. The highest BCUT2D eigenvalue weighted by molar-refractivity contribution is 7.91. The van der Waals surface area contributed by atoms with Crippen LogP contribution in [0, 0.1) is 5.41 Å². The number of nitrogens with two attached hydrogens (primary N) is 1. The van der Waals surface area contributed by atoms with E-state index in [1.165, 1.54) is 17.8 Å². The molecule has 5 N–H and O–H groups in total. The van der Waals surface area contributed by atoms with Gasteiger partial charge in [-0.2, -0.15) is 0 Å². The molecule has 2 aromatic rings. The molecule has 1 fully saturated rings. The predicted octanol–water partition coefficient (Wildman–Crippen LogP) is 3.10. The molecule has 11 heteroatoms. The van der Waals surface area contributed by atoms with E-state index in [9.17, 15) is 13.5 Å². The van der Waals surface area contributed by atoms with Gasteiger partial charge in [-0.05, 0) is 54.0 Å². The van der Waals surface area contributed by atoms with Crippen molar-refractivity contribution in [3.05, 3.63) is 47.4 Å². The molecule has 0 radical (unpaired) electrons. The van der Waals surface area contributed by atoms with Gasteiger partial charge in [-0.3, -0.25) is 4.99 Å². The Bertz CT molecular complexity index is 1390. The Balaban J connectivity index is 0.00000181. The Morgan fingerprint density at radius 1 is 1.25 bits per heavy atom. The highest BCUT2D eigenvalue weighted by Crippen LogP contribution is 2.42. The predicted molar refractivity (Wildman–Crippen MR) is 157 cm³/mol. The average Bonchev–Trinajstić information content (AvgIpc) is 3.15. The summed E-state index contributed by atoms with van der Waals surface area (Å²) in [5.41, 5.74) is 9.78. The van der Waals surface area contributed by atoms with Crippen LogP contribution in [0.3, 0.4) is 0 Å². The zero-order valence-electron chi connectivity index (χ0n) is 23.7. The van der Waals surface area contributed by atoms with Crippen LogP contribution in [0.4, 0.5) is 5.82 Å². The lowest BCUT2D eigenvalue weighted by molar-refractivity contribution is 0.112. The van der Waals surface area contributed by atoms with Crippen LogP contribution >= 0.6 is 0 Å². The summed E-state index contributed by atoms with van der Waals surface area (Å²) in [4.78, 5) is 10.9. The Morgan fingerprint density at radius 3 is 2.77 bits per heavy atom. The summed E-state index contributed by atoms with van der Waals surface area (Å²) in [5, 5.41) is 22.2. The second-order valence-electron chi connectivity index (χ2n) is 11.0. The Hall–Kier alpha value is -3.15. The molecule has 5 rings (SSSR count). The highest BCUT2D eigenvalue weighted by atomic mass is 32.2. The van der Waals surface area contributed by atoms with Gasteiger partial charge in [0.2, 0.25) is 0 Å². The summed E-state index contributed by atoms with van der Waals surface area (Å²) >= 11 is 0. The van der Waals surface area contributed by atoms with Crippen LogP contribution in [0.1, 0.15) is 52.5 Å². The molecule has 10 nitrogen and oxygen atoms in total. The van der Waals surface area contributed by atoms with Crippen molar-refractivity contribution in [2.45, 2.75) is 70.5 Å². The third-order valence-corrected chi connectivity index (χ3v) is 9.28. The first-order valence-corrected chi connectivity index (χ1v) is 15.5. The van der Waals surface area contributed by atoms with Crippen LogP contribution < -0.4 is 15.8 Å². The molecule has 0 saturated heterocycles. The van der Waals surface area contributed by atoms with Crippen molar-refractivity contribution >= 4 is 22.0 Å². The minimum Gasteiger partial charge on any atom is -0.491 e. The number of nitrogen functional groups attached to an aromatic ring is 1. The normalized spacial score (nSPS) is 20.6. The second-order valence-corrected chi connectivity index (χ2v) is 13.0. The minimum atomic E-state index is -3.96. The number of ether oxygens (including phenoxy) is 1. The largest absolute Gasteiger partial charge is 0.491 e. The molecule has 2 atom stereocenters. The molecule has 1 aliphatic carbocycles. The number of nitrogens with one attached hydrogen (secondary N) is 1. The Morgan fingerprint density at radius 2 is 2.02 bits per heavy atom. The van der Waals surface area contributed by atoms with Crippen molar-refractivity contribution in [1.82, 2.24) is 15.2 Å². The van der Waals surface area contributed by atoms with Gasteiger partial charge in [-0.1, -0.05) is 33.8 Å². The standard InChI is InChI=1S/C27H35N5O5S.C2H6/c1-27(2)6-5-22-21(11-27)26(31-16-30-22)32-7-8-37-23-4-3-17(9-19(23)13-32)18-10-24(25(28)29-12-18)38(35,36)15-20(34)14-33;1-2/h3-4,9-10,12,16,20,22,33-34H,5-8,11,13-15H2,1-2H3,(H2,28,29)(H,30,31);1-2H3. The van der Waals surface area contributed by atoms with Crippen LogP contribution in [0.25, 0.3) is 11.1 Å².